The van der Waals surface area contributed by atoms with Gasteiger partial charge in [0.05, 0.1) is 22.4 Å². The molecule has 0 spiro atoms. The van der Waals surface area contributed by atoms with Crippen molar-refractivity contribution in [2.45, 2.75) is 20.8 Å². The fourth-order valence-corrected chi connectivity index (χ4v) is 9.23. The van der Waals surface area contributed by atoms with E-state index in [-0.39, 0.29) is 0 Å². The van der Waals surface area contributed by atoms with Gasteiger partial charge in [-0.05, 0) is 127 Å². The van der Waals surface area contributed by atoms with E-state index in [9.17, 15) is 0 Å². The Bertz CT molecular complexity index is 3390. The summed E-state index contributed by atoms with van der Waals surface area (Å²) in [6, 6.07) is 80.4. The van der Waals surface area contributed by atoms with Gasteiger partial charge in [-0.15, -0.1) is 0 Å². The molecule has 4 nitrogen and oxygen atoms in total. The molecule has 0 saturated carbocycles. The maximum absolute atomic E-state index is 5.09. The molecule has 4 heteroatoms. The zero-order chi connectivity index (χ0) is 43.9. The molecule has 2 heterocycles. The van der Waals surface area contributed by atoms with E-state index in [1.165, 1.54) is 55.2 Å². The van der Waals surface area contributed by atoms with Gasteiger partial charge in [0.2, 0.25) is 0 Å². The smallest absolute Gasteiger partial charge is 0.160 e. The van der Waals surface area contributed by atoms with E-state index < -0.39 is 0 Å². The Balaban J connectivity index is 0.888. The third-order valence-corrected chi connectivity index (χ3v) is 12.4. The Hall–Kier alpha value is -8.34. The zero-order valence-corrected chi connectivity index (χ0v) is 36.7. The molecular formula is C61H46N4. The number of anilines is 3. The summed E-state index contributed by atoms with van der Waals surface area (Å²) in [5, 5.41) is 2.45. The van der Waals surface area contributed by atoms with Crippen LogP contribution in [0.3, 0.4) is 0 Å². The van der Waals surface area contributed by atoms with Crippen LogP contribution in [0.25, 0.3) is 83.6 Å². The number of rotatable bonds is 9. The van der Waals surface area contributed by atoms with E-state index in [1.807, 2.05) is 0 Å². The van der Waals surface area contributed by atoms with Crippen LogP contribution in [0.5, 0.6) is 0 Å². The van der Waals surface area contributed by atoms with Crippen LogP contribution in [0.4, 0.5) is 17.1 Å². The Morgan fingerprint density at radius 3 is 1.55 bits per heavy atom. The molecule has 0 bridgehead atoms. The van der Waals surface area contributed by atoms with Crippen molar-refractivity contribution in [3.05, 3.63) is 241 Å². The van der Waals surface area contributed by atoms with Crippen LogP contribution in [0.15, 0.2) is 224 Å². The van der Waals surface area contributed by atoms with Crippen LogP contribution in [0, 0.1) is 20.8 Å². The SMILES string of the molecule is Cc1cccc(-c2cc(-c3ccc(-c4ccc(-c5ccc(-n6c7ccccc7c7cc(N(c8ccccc8)c8ccccc8)ccc76)cc5C)cc4)cc3)nc(-c3cccc(C)c3)n2)c1. The van der Waals surface area contributed by atoms with E-state index in [0.717, 1.165) is 62.2 Å². The lowest BCUT2D eigenvalue weighted by Crippen LogP contribution is -2.09. The number of nitrogens with zero attached hydrogens (tertiary/aromatic N) is 4. The summed E-state index contributed by atoms with van der Waals surface area (Å²) < 4.78 is 2.40. The molecule has 0 saturated heterocycles. The largest absolute Gasteiger partial charge is 0.310 e. The molecule has 0 fully saturated rings. The molecule has 9 aromatic carbocycles. The number of benzene rings is 9. The number of fused-ring (bicyclic) bond motifs is 3. The molecule has 0 aliphatic heterocycles. The van der Waals surface area contributed by atoms with Gasteiger partial charge in [0.25, 0.3) is 0 Å². The molecule has 0 atom stereocenters. The molecule has 11 rings (SSSR count). The quantitative estimate of drug-likeness (QED) is 0.145. The zero-order valence-electron chi connectivity index (χ0n) is 36.7. The minimum Gasteiger partial charge on any atom is -0.310 e. The first-order chi connectivity index (χ1) is 31.9. The van der Waals surface area contributed by atoms with Gasteiger partial charge in [-0.2, -0.15) is 0 Å². The number of aromatic nitrogens is 3. The molecule has 0 unspecified atom stereocenters. The van der Waals surface area contributed by atoms with Crippen molar-refractivity contribution >= 4 is 38.9 Å². The van der Waals surface area contributed by atoms with Gasteiger partial charge < -0.3 is 9.47 Å². The van der Waals surface area contributed by atoms with E-state index in [4.69, 9.17) is 9.97 Å². The van der Waals surface area contributed by atoms with E-state index in [2.05, 4.69) is 255 Å². The lowest BCUT2D eigenvalue weighted by atomic mass is 9.96. The Labute approximate surface area is 380 Å². The highest BCUT2D eigenvalue weighted by atomic mass is 15.1. The summed E-state index contributed by atoms with van der Waals surface area (Å²) in [6.45, 7) is 6.44. The Morgan fingerprint density at radius 2 is 0.908 bits per heavy atom. The number of para-hydroxylation sites is 3. The summed E-state index contributed by atoms with van der Waals surface area (Å²) >= 11 is 0. The second-order valence-corrected chi connectivity index (χ2v) is 16.9. The summed E-state index contributed by atoms with van der Waals surface area (Å²) in [4.78, 5) is 12.5. The lowest BCUT2D eigenvalue weighted by Gasteiger charge is -2.25. The predicted octanol–water partition coefficient (Wildman–Crippen LogP) is 16.3. The first kappa shape index (κ1) is 39.5. The summed E-state index contributed by atoms with van der Waals surface area (Å²) in [5.41, 5.74) is 20.2. The maximum atomic E-state index is 5.09. The van der Waals surface area contributed by atoms with Crippen LogP contribution >= 0.6 is 0 Å². The highest BCUT2D eigenvalue weighted by Crippen LogP contribution is 2.40. The van der Waals surface area contributed by atoms with Crippen LogP contribution in [0.1, 0.15) is 16.7 Å². The highest BCUT2D eigenvalue weighted by molar-refractivity contribution is 6.10. The molecule has 0 N–H and O–H groups in total. The Morgan fingerprint density at radius 1 is 0.354 bits per heavy atom. The highest BCUT2D eigenvalue weighted by Gasteiger charge is 2.18. The van der Waals surface area contributed by atoms with Crippen molar-refractivity contribution in [2.75, 3.05) is 4.90 Å². The first-order valence-corrected chi connectivity index (χ1v) is 22.2. The summed E-state index contributed by atoms with van der Waals surface area (Å²) in [6.07, 6.45) is 0. The second-order valence-electron chi connectivity index (χ2n) is 16.9. The molecule has 11 aromatic rings. The number of aryl methyl sites for hydroxylation is 3. The van der Waals surface area contributed by atoms with Crippen molar-refractivity contribution in [3.63, 3.8) is 0 Å². The van der Waals surface area contributed by atoms with Crippen molar-refractivity contribution < 1.29 is 0 Å². The minimum absolute atomic E-state index is 0.726. The van der Waals surface area contributed by atoms with Crippen LogP contribution < -0.4 is 4.90 Å². The fraction of sp³-hybridized carbons (Fsp3) is 0.0492. The van der Waals surface area contributed by atoms with Crippen molar-refractivity contribution in [1.29, 1.82) is 0 Å². The predicted molar refractivity (Wildman–Crippen MR) is 272 cm³/mol. The van der Waals surface area contributed by atoms with Crippen LogP contribution in [0.2, 0.25) is 0 Å². The lowest BCUT2D eigenvalue weighted by molar-refractivity contribution is 1.17. The fourth-order valence-electron chi connectivity index (χ4n) is 9.23. The van der Waals surface area contributed by atoms with Crippen LogP contribution in [-0.4, -0.2) is 14.5 Å². The summed E-state index contributed by atoms with van der Waals surface area (Å²) in [5.74, 6) is 0.726. The van der Waals surface area contributed by atoms with E-state index in [1.54, 1.807) is 0 Å². The molecule has 0 aliphatic carbocycles. The van der Waals surface area contributed by atoms with Crippen molar-refractivity contribution in [1.82, 2.24) is 14.5 Å². The third-order valence-electron chi connectivity index (χ3n) is 12.4. The van der Waals surface area contributed by atoms with Gasteiger partial charge >= 0.3 is 0 Å². The third kappa shape index (κ3) is 7.66. The van der Waals surface area contributed by atoms with Gasteiger partial charge in [0.15, 0.2) is 5.82 Å². The standard InChI is InChI=1S/C61H46N4/c1-41-14-12-16-48(36-41)58-40-57(62-61(63-58)49-17-13-15-42(2)37-49)47-30-26-45(27-31-47)44-24-28-46(29-25-44)54-34-32-52(38-43(54)3)65-59-23-11-10-22-55(59)56-39-53(33-35-60(56)65)64(50-18-6-4-7-19-50)51-20-8-5-9-21-51/h4-40H,1-3H3. The summed E-state index contributed by atoms with van der Waals surface area (Å²) in [7, 11) is 0. The van der Waals surface area contributed by atoms with Crippen LogP contribution in [-0.2, 0) is 0 Å². The van der Waals surface area contributed by atoms with Gasteiger partial charge in [-0.3, -0.25) is 0 Å². The monoisotopic (exact) mass is 834 g/mol. The molecule has 0 aliphatic rings. The molecule has 0 radical (unpaired) electrons. The second kappa shape index (κ2) is 16.7. The minimum atomic E-state index is 0.726. The molecule has 310 valence electrons. The van der Waals surface area contributed by atoms with E-state index in [0.29, 0.717) is 0 Å². The molecule has 2 aromatic heterocycles. The topological polar surface area (TPSA) is 34.0 Å². The van der Waals surface area contributed by atoms with Gasteiger partial charge in [0.1, 0.15) is 0 Å². The molecular weight excluding hydrogens is 789 g/mol. The van der Waals surface area contributed by atoms with Crippen molar-refractivity contribution in [2.24, 2.45) is 0 Å². The number of hydrogen-bond acceptors (Lipinski definition) is 3. The van der Waals surface area contributed by atoms with Gasteiger partial charge in [-0.25, -0.2) is 9.97 Å². The van der Waals surface area contributed by atoms with Crippen molar-refractivity contribution in [3.8, 4) is 61.8 Å². The molecule has 0 amide bonds. The molecule has 65 heavy (non-hydrogen) atoms. The van der Waals surface area contributed by atoms with E-state index >= 15 is 0 Å². The number of hydrogen-bond donors (Lipinski definition) is 0. The average Bonchev–Trinajstić information content (AvgIpc) is 3.68. The normalized spacial score (nSPS) is 11.3. The first-order valence-electron chi connectivity index (χ1n) is 22.2. The maximum Gasteiger partial charge on any atom is 0.160 e. The van der Waals surface area contributed by atoms with Gasteiger partial charge in [-0.1, -0.05) is 157 Å². The van der Waals surface area contributed by atoms with Gasteiger partial charge in [0, 0.05) is 50.2 Å². The average molecular weight is 835 g/mol. The Kier molecular flexibility index (Phi) is 10.2.